The summed E-state index contributed by atoms with van der Waals surface area (Å²) in [6, 6.07) is 5.76. The van der Waals surface area contributed by atoms with Crippen LogP contribution in [0.25, 0.3) is 11.3 Å². The number of nitriles is 1. The van der Waals surface area contributed by atoms with Crippen LogP contribution in [0.4, 0.5) is 18.9 Å². The third-order valence-electron chi connectivity index (χ3n) is 7.81. The summed E-state index contributed by atoms with van der Waals surface area (Å²) in [6.07, 6.45) is -4.08. The van der Waals surface area contributed by atoms with Crippen molar-refractivity contribution in [2.24, 2.45) is 0 Å². The molecule has 2 aromatic carbocycles. The summed E-state index contributed by atoms with van der Waals surface area (Å²) in [7, 11) is 1.25. The summed E-state index contributed by atoms with van der Waals surface area (Å²) < 4.78 is 56.0. The highest BCUT2D eigenvalue weighted by molar-refractivity contribution is 9.10. The number of ether oxygens (including phenoxy) is 2. The second kappa shape index (κ2) is 12.7. The van der Waals surface area contributed by atoms with E-state index in [2.05, 4.69) is 26.2 Å². The van der Waals surface area contributed by atoms with Gasteiger partial charge in [0, 0.05) is 18.4 Å². The van der Waals surface area contributed by atoms with E-state index in [1.54, 1.807) is 0 Å². The number of anilines is 1. The van der Waals surface area contributed by atoms with Crippen LogP contribution in [0.2, 0.25) is 0 Å². The summed E-state index contributed by atoms with van der Waals surface area (Å²) in [6.45, 7) is -0.726. The number of halogens is 4. The maximum Gasteiger partial charge on any atom is 0.259 e. The lowest BCUT2D eigenvalue weighted by Gasteiger charge is -2.45. The van der Waals surface area contributed by atoms with Gasteiger partial charge >= 0.3 is 0 Å². The van der Waals surface area contributed by atoms with Crippen molar-refractivity contribution >= 4 is 27.5 Å². The number of aliphatic hydroxyl groups is 3. The molecule has 2 aliphatic rings. The summed E-state index contributed by atoms with van der Waals surface area (Å²) in [4.78, 5) is 15.5. The van der Waals surface area contributed by atoms with Gasteiger partial charge in [0.2, 0.25) is 0 Å². The number of hydrogen-bond donors (Lipinski definition) is 3. The van der Waals surface area contributed by atoms with Crippen LogP contribution in [0.15, 0.2) is 41.0 Å². The van der Waals surface area contributed by atoms with E-state index < -0.39 is 72.6 Å². The van der Waals surface area contributed by atoms with Crippen LogP contribution in [0.3, 0.4) is 0 Å². The maximum absolute atomic E-state index is 14.7. The van der Waals surface area contributed by atoms with E-state index in [4.69, 9.17) is 9.47 Å². The first-order chi connectivity index (χ1) is 20.6. The van der Waals surface area contributed by atoms with E-state index in [0.29, 0.717) is 19.3 Å². The van der Waals surface area contributed by atoms with Crippen LogP contribution in [-0.4, -0.2) is 86.5 Å². The summed E-state index contributed by atoms with van der Waals surface area (Å²) in [5.41, 5.74) is -0.346. The SMILES string of the molecule is CO[C@@H]1[C@@H](n2cc(-c3ccc(Br)c(F)c3F)nn2)[C@@H](O)[C@@H](CO)O[C@H]1C(=O)N(c1cc(F)cc(C#N)c1)[C@@H]1CCC[C@H]1O. The first-order valence-corrected chi connectivity index (χ1v) is 14.1. The smallest absolute Gasteiger partial charge is 0.259 e. The Kier molecular flexibility index (Phi) is 9.16. The fraction of sp³-hybridized carbons (Fsp3) is 0.429. The van der Waals surface area contributed by atoms with E-state index in [1.165, 1.54) is 31.5 Å². The molecule has 5 rings (SSSR count). The Labute approximate surface area is 252 Å². The molecule has 1 aliphatic carbocycles. The number of aromatic nitrogens is 3. The Morgan fingerprint density at radius 3 is 2.65 bits per heavy atom. The van der Waals surface area contributed by atoms with Crippen LogP contribution in [0.5, 0.6) is 0 Å². The summed E-state index contributed by atoms with van der Waals surface area (Å²) >= 11 is 2.92. The zero-order valence-corrected chi connectivity index (χ0v) is 24.2. The molecule has 1 saturated heterocycles. The van der Waals surface area contributed by atoms with Crippen LogP contribution in [0, 0.1) is 28.8 Å². The van der Waals surface area contributed by atoms with E-state index >= 15 is 0 Å². The minimum absolute atomic E-state index is 0.00459. The molecule has 1 aliphatic heterocycles. The standard InChI is InChI=1S/C28H27BrF3N5O6/c1-42-26-24(36-11-18(34-35-36)16-5-6-17(29)23(32)22(16)31)25(40)21(12-38)43-27(26)28(41)37(19-3-2-4-20(19)39)15-8-13(10-33)7-14(30)9-15/h5-9,11,19-21,24-27,38-40H,2-4,12H2,1H3/t19-,20-,21-,24+,25+,26-,27-/m1/s1. The third kappa shape index (κ3) is 5.78. The Morgan fingerprint density at radius 1 is 1.23 bits per heavy atom. The van der Waals surface area contributed by atoms with Crippen molar-refractivity contribution in [3.63, 3.8) is 0 Å². The van der Waals surface area contributed by atoms with Crippen molar-refractivity contribution in [2.75, 3.05) is 18.6 Å². The van der Waals surface area contributed by atoms with Crippen LogP contribution < -0.4 is 4.90 Å². The molecule has 1 amide bonds. The van der Waals surface area contributed by atoms with Gasteiger partial charge in [0.15, 0.2) is 17.7 Å². The fourth-order valence-electron chi connectivity index (χ4n) is 5.75. The number of hydrogen-bond acceptors (Lipinski definition) is 9. The monoisotopic (exact) mass is 665 g/mol. The number of methoxy groups -OCH3 is 1. The highest BCUT2D eigenvalue weighted by Crippen LogP contribution is 2.37. The predicted molar refractivity (Wildman–Crippen MR) is 147 cm³/mol. The number of carbonyl (C=O) groups is 1. The highest BCUT2D eigenvalue weighted by atomic mass is 79.9. The highest BCUT2D eigenvalue weighted by Gasteiger charge is 2.52. The van der Waals surface area contributed by atoms with E-state index in [1.807, 2.05) is 6.07 Å². The normalized spacial score (nSPS) is 27.2. The van der Waals surface area contributed by atoms with Crippen molar-refractivity contribution in [3.8, 4) is 17.3 Å². The molecule has 1 aromatic heterocycles. The lowest BCUT2D eigenvalue weighted by atomic mass is 9.91. The van der Waals surface area contributed by atoms with E-state index in [0.717, 1.165) is 21.7 Å². The van der Waals surface area contributed by atoms with E-state index in [-0.39, 0.29) is 27.0 Å². The Hall–Kier alpha value is -3.39. The van der Waals surface area contributed by atoms with Gasteiger partial charge < -0.3 is 29.7 Å². The molecule has 1 saturated carbocycles. The molecule has 0 unspecified atom stereocenters. The van der Waals surface area contributed by atoms with Gasteiger partial charge in [0.1, 0.15) is 35.9 Å². The van der Waals surface area contributed by atoms with Crippen molar-refractivity contribution in [1.82, 2.24) is 15.0 Å². The molecule has 7 atom stereocenters. The van der Waals surface area contributed by atoms with Crippen LogP contribution in [0.1, 0.15) is 30.9 Å². The molecule has 3 N–H and O–H groups in total. The van der Waals surface area contributed by atoms with Gasteiger partial charge in [0.25, 0.3) is 5.91 Å². The second-order valence-electron chi connectivity index (χ2n) is 10.3. The summed E-state index contributed by atoms with van der Waals surface area (Å²) in [5.74, 6) is -3.88. The van der Waals surface area contributed by atoms with Crippen molar-refractivity contribution < 1.29 is 42.8 Å². The van der Waals surface area contributed by atoms with Gasteiger partial charge in [-0.15, -0.1) is 5.10 Å². The number of aliphatic hydroxyl groups excluding tert-OH is 3. The molecule has 15 heteroatoms. The minimum atomic E-state index is -1.54. The Bertz CT molecular complexity index is 1550. The van der Waals surface area contributed by atoms with Gasteiger partial charge in [-0.2, -0.15) is 5.26 Å². The van der Waals surface area contributed by atoms with Crippen molar-refractivity contribution in [1.29, 1.82) is 5.26 Å². The summed E-state index contributed by atoms with van der Waals surface area (Å²) in [5, 5.41) is 49.3. The zero-order chi connectivity index (χ0) is 31.0. The van der Waals surface area contributed by atoms with E-state index in [9.17, 15) is 38.5 Å². The number of benzene rings is 2. The number of nitrogens with zero attached hydrogens (tertiary/aromatic N) is 5. The molecular formula is C28H27BrF3N5O6. The second-order valence-corrected chi connectivity index (χ2v) is 11.2. The first kappa shape index (κ1) is 31.0. The lowest BCUT2D eigenvalue weighted by Crippen LogP contribution is -2.62. The lowest BCUT2D eigenvalue weighted by molar-refractivity contribution is -0.211. The molecule has 0 spiro atoms. The van der Waals surface area contributed by atoms with Crippen LogP contribution in [-0.2, 0) is 14.3 Å². The van der Waals surface area contributed by atoms with Gasteiger partial charge in [-0.25, -0.2) is 17.9 Å². The maximum atomic E-state index is 14.7. The Balaban J connectivity index is 1.56. The molecule has 11 nitrogen and oxygen atoms in total. The Morgan fingerprint density at radius 2 is 2.00 bits per heavy atom. The molecule has 43 heavy (non-hydrogen) atoms. The minimum Gasteiger partial charge on any atom is -0.394 e. The number of carbonyl (C=O) groups excluding carboxylic acids is 1. The molecular weight excluding hydrogens is 639 g/mol. The zero-order valence-electron chi connectivity index (χ0n) is 22.6. The third-order valence-corrected chi connectivity index (χ3v) is 8.42. The fourth-order valence-corrected chi connectivity index (χ4v) is 6.05. The molecule has 0 bridgehead atoms. The molecule has 0 radical (unpaired) electrons. The quantitative estimate of drug-likeness (QED) is 0.323. The topological polar surface area (TPSA) is 154 Å². The van der Waals surface area contributed by atoms with Crippen LogP contribution >= 0.6 is 15.9 Å². The number of amides is 1. The van der Waals surface area contributed by atoms with Gasteiger partial charge in [-0.05, 0) is 65.5 Å². The molecule has 2 heterocycles. The average molecular weight is 666 g/mol. The van der Waals surface area contributed by atoms with Crippen molar-refractivity contribution in [3.05, 3.63) is 64.0 Å². The van der Waals surface area contributed by atoms with Gasteiger partial charge in [0.05, 0.1) is 41.1 Å². The van der Waals surface area contributed by atoms with Gasteiger partial charge in [-0.3, -0.25) is 4.79 Å². The largest absolute Gasteiger partial charge is 0.394 e. The predicted octanol–water partition coefficient (Wildman–Crippen LogP) is 2.62. The molecule has 3 aromatic rings. The average Bonchev–Trinajstić information content (AvgIpc) is 3.64. The first-order valence-electron chi connectivity index (χ1n) is 13.3. The molecule has 2 fully saturated rings. The van der Waals surface area contributed by atoms with Gasteiger partial charge in [-0.1, -0.05) is 5.21 Å². The molecule has 228 valence electrons. The van der Waals surface area contributed by atoms with Crippen molar-refractivity contribution in [2.45, 2.75) is 61.9 Å². The number of rotatable bonds is 7.